The predicted octanol–water partition coefficient (Wildman–Crippen LogP) is 1.31. The number of hydrogen-bond donors (Lipinski definition) is 1. The molecule has 120 valence electrons. The molecule has 1 spiro atoms. The molecule has 4 heteroatoms. The van der Waals surface area contributed by atoms with E-state index in [1.807, 2.05) is 0 Å². The fraction of sp³-hybridized carbons (Fsp3) is 1.00. The fourth-order valence-corrected chi connectivity index (χ4v) is 5.14. The Kier molecular flexibility index (Phi) is 3.99. The molecule has 0 amide bonds. The fourth-order valence-electron chi connectivity index (χ4n) is 5.14. The Morgan fingerprint density at radius 2 is 2.05 bits per heavy atom. The molecule has 0 aromatic heterocycles. The summed E-state index contributed by atoms with van der Waals surface area (Å²) in [6.45, 7) is 10.8. The van der Waals surface area contributed by atoms with Crippen molar-refractivity contribution in [1.29, 1.82) is 0 Å². The first kappa shape index (κ1) is 14.4. The highest BCUT2D eigenvalue weighted by molar-refractivity contribution is 5.02. The summed E-state index contributed by atoms with van der Waals surface area (Å²) in [6, 6.07) is 1.40. The smallest absolute Gasteiger partial charge is 0.0685 e. The minimum absolute atomic E-state index is 0.278. The maximum absolute atomic E-state index is 6.16. The minimum Gasteiger partial charge on any atom is -0.375 e. The molecule has 5 aliphatic rings. The summed E-state index contributed by atoms with van der Waals surface area (Å²) in [6.07, 6.45) is 6.55. The Morgan fingerprint density at radius 3 is 2.62 bits per heavy atom. The quantitative estimate of drug-likeness (QED) is 0.846. The Hall–Kier alpha value is -0.160. The second-order valence-electron chi connectivity index (χ2n) is 7.63. The molecule has 5 fully saturated rings. The van der Waals surface area contributed by atoms with Crippen molar-refractivity contribution >= 4 is 0 Å². The van der Waals surface area contributed by atoms with Crippen molar-refractivity contribution in [1.82, 2.24) is 15.1 Å². The van der Waals surface area contributed by atoms with Crippen LogP contribution in [-0.4, -0.2) is 73.4 Å². The SMILES string of the molecule is CCNC(C1CCOC2(CCC2)C1)C1CN2CCN1CC2. The third-order valence-electron chi connectivity index (χ3n) is 6.48. The third-order valence-corrected chi connectivity index (χ3v) is 6.48. The zero-order valence-electron chi connectivity index (χ0n) is 13.5. The van der Waals surface area contributed by atoms with Crippen LogP contribution in [0, 0.1) is 5.92 Å². The lowest BCUT2D eigenvalue weighted by atomic mass is 9.69. The van der Waals surface area contributed by atoms with Crippen LogP contribution >= 0.6 is 0 Å². The van der Waals surface area contributed by atoms with Crippen molar-refractivity contribution in [2.24, 2.45) is 5.92 Å². The second kappa shape index (κ2) is 5.80. The number of nitrogens with one attached hydrogen (secondary N) is 1. The number of likely N-dealkylation sites (N-methyl/N-ethyl adjacent to an activating group) is 1. The van der Waals surface area contributed by atoms with Gasteiger partial charge in [-0.2, -0.15) is 0 Å². The zero-order chi connectivity index (χ0) is 14.3. The molecule has 3 atom stereocenters. The van der Waals surface area contributed by atoms with Crippen LogP contribution in [0.1, 0.15) is 39.0 Å². The van der Waals surface area contributed by atoms with E-state index in [2.05, 4.69) is 22.0 Å². The van der Waals surface area contributed by atoms with Crippen LogP contribution in [0.25, 0.3) is 0 Å². The van der Waals surface area contributed by atoms with Gasteiger partial charge in [0.15, 0.2) is 0 Å². The number of fused-ring (bicyclic) bond motifs is 3. The van der Waals surface area contributed by atoms with Crippen LogP contribution in [-0.2, 0) is 4.74 Å². The van der Waals surface area contributed by atoms with E-state index in [-0.39, 0.29) is 5.60 Å². The average Bonchev–Trinajstić information content (AvgIpc) is 2.52. The molecule has 0 radical (unpaired) electrons. The van der Waals surface area contributed by atoms with Gasteiger partial charge in [-0.1, -0.05) is 6.92 Å². The monoisotopic (exact) mass is 293 g/mol. The van der Waals surface area contributed by atoms with Crippen LogP contribution < -0.4 is 5.32 Å². The standard InChI is InChI=1S/C17H31N3O/c1-2-18-16(15-13-19-7-9-20(15)10-8-19)14-4-11-21-17(12-14)5-3-6-17/h14-16,18H,2-13H2,1H3. The van der Waals surface area contributed by atoms with E-state index >= 15 is 0 Å². The van der Waals surface area contributed by atoms with Gasteiger partial charge in [-0.05, 0) is 44.6 Å². The van der Waals surface area contributed by atoms with Crippen LogP contribution in [0.15, 0.2) is 0 Å². The van der Waals surface area contributed by atoms with Gasteiger partial charge >= 0.3 is 0 Å². The first-order valence-electron chi connectivity index (χ1n) is 9.13. The number of piperazine rings is 3. The predicted molar refractivity (Wildman–Crippen MR) is 84.5 cm³/mol. The normalized spacial score (nSPS) is 42.7. The largest absolute Gasteiger partial charge is 0.375 e. The topological polar surface area (TPSA) is 27.7 Å². The zero-order valence-corrected chi connectivity index (χ0v) is 13.5. The molecule has 4 heterocycles. The van der Waals surface area contributed by atoms with Gasteiger partial charge in [-0.15, -0.1) is 0 Å². The van der Waals surface area contributed by atoms with Gasteiger partial charge in [-0.25, -0.2) is 0 Å². The van der Waals surface area contributed by atoms with Gasteiger partial charge in [0.1, 0.15) is 0 Å². The Labute approximate surface area is 129 Å². The summed E-state index contributed by atoms with van der Waals surface area (Å²) in [5.41, 5.74) is 0.278. The molecule has 21 heavy (non-hydrogen) atoms. The lowest BCUT2D eigenvalue weighted by Crippen LogP contribution is -2.68. The third kappa shape index (κ3) is 2.65. The van der Waals surface area contributed by atoms with Gasteiger partial charge in [0.25, 0.3) is 0 Å². The molecular formula is C17H31N3O. The highest BCUT2D eigenvalue weighted by Crippen LogP contribution is 2.45. The molecule has 0 aromatic carbocycles. The maximum Gasteiger partial charge on any atom is 0.0685 e. The van der Waals surface area contributed by atoms with Crippen molar-refractivity contribution in [2.45, 2.75) is 56.7 Å². The molecule has 1 aliphatic carbocycles. The molecule has 2 bridgehead atoms. The Bertz CT molecular complexity index is 363. The van der Waals surface area contributed by atoms with Gasteiger partial charge in [0.2, 0.25) is 0 Å². The Morgan fingerprint density at radius 1 is 1.24 bits per heavy atom. The number of hydrogen-bond acceptors (Lipinski definition) is 4. The molecule has 3 unspecified atom stereocenters. The van der Waals surface area contributed by atoms with Crippen molar-refractivity contribution in [3.63, 3.8) is 0 Å². The molecule has 4 aliphatic heterocycles. The van der Waals surface area contributed by atoms with Crippen LogP contribution in [0.5, 0.6) is 0 Å². The van der Waals surface area contributed by atoms with Crippen LogP contribution in [0.2, 0.25) is 0 Å². The first-order valence-corrected chi connectivity index (χ1v) is 9.13. The summed E-state index contributed by atoms with van der Waals surface area (Å²) in [4.78, 5) is 5.43. The van der Waals surface area contributed by atoms with Crippen LogP contribution in [0.4, 0.5) is 0 Å². The number of ether oxygens (including phenoxy) is 1. The minimum atomic E-state index is 0.278. The average molecular weight is 293 g/mol. The molecule has 4 saturated heterocycles. The summed E-state index contributed by atoms with van der Waals surface area (Å²) in [5.74, 6) is 0.810. The van der Waals surface area contributed by atoms with Crippen molar-refractivity contribution < 1.29 is 4.74 Å². The van der Waals surface area contributed by atoms with E-state index < -0.39 is 0 Å². The van der Waals surface area contributed by atoms with Crippen LogP contribution in [0.3, 0.4) is 0 Å². The molecule has 4 nitrogen and oxygen atoms in total. The Balaban J connectivity index is 1.48. The first-order chi connectivity index (χ1) is 10.3. The highest BCUT2D eigenvalue weighted by atomic mass is 16.5. The van der Waals surface area contributed by atoms with Crippen molar-refractivity contribution in [2.75, 3.05) is 45.9 Å². The highest BCUT2D eigenvalue weighted by Gasteiger charge is 2.47. The molecule has 1 N–H and O–H groups in total. The summed E-state index contributed by atoms with van der Waals surface area (Å²) < 4.78 is 6.16. The lowest BCUT2D eigenvalue weighted by Gasteiger charge is -2.54. The van der Waals surface area contributed by atoms with E-state index in [9.17, 15) is 0 Å². The molecular weight excluding hydrogens is 262 g/mol. The molecule has 1 saturated carbocycles. The van der Waals surface area contributed by atoms with E-state index in [1.165, 1.54) is 64.8 Å². The van der Waals surface area contributed by atoms with Crippen molar-refractivity contribution in [3.8, 4) is 0 Å². The summed E-state index contributed by atoms with van der Waals surface area (Å²) in [5, 5.41) is 3.87. The van der Waals surface area contributed by atoms with E-state index in [1.54, 1.807) is 0 Å². The summed E-state index contributed by atoms with van der Waals surface area (Å²) in [7, 11) is 0. The van der Waals surface area contributed by atoms with E-state index in [0.717, 1.165) is 25.1 Å². The van der Waals surface area contributed by atoms with Crippen molar-refractivity contribution in [3.05, 3.63) is 0 Å². The number of rotatable bonds is 4. The molecule has 5 rings (SSSR count). The van der Waals surface area contributed by atoms with Gasteiger partial charge in [-0.3, -0.25) is 9.80 Å². The van der Waals surface area contributed by atoms with E-state index in [4.69, 9.17) is 4.74 Å². The lowest BCUT2D eigenvalue weighted by molar-refractivity contribution is -0.152. The van der Waals surface area contributed by atoms with Gasteiger partial charge in [0.05, 0.1) is 5.60 Å². The maximum atomic E-state index is 6.16. The van der Waals surface area contributed by atoms with E-state index in [0.29, 0.717) is 6.04 Å². The molecule has 0 aromatic rings. The van der Waals surface area contributed by atoms with Gasteiger partial charge < -0.3 is 10.1 Å². The second-order valence-corrected chi connectivity index (χ2v) is 7.63. The van der Waals surface area contributed by atoms with Gasteiger partial charge in [0, 0.05) is 51.4 Å². The number of nitrogens with zero attached hydrogens (tertiary/aromatic N) is 2. The summed E-state index contributed by atoms with van der Waals surface area (Å²) >= 11 is 0.